The molecule has 0 saturated carbocycles. The maximum Gasteiger partial charge on any atom is 0.336 e. The number of hydrogen-bond donors (Lipinski definition) is 1. The van der Waals surface area contributed by atoms with E-state index in [1.807, 2.05) is 6.07 Å². The monoisotopic (exact) mass is 395 g/mol. The molecule has 3 aromatic rings. The standard InChI is InChI=1S/C21H17NO7/c23-14-5-6-15-13(9-21(26)29-18(15)10-14)11-28-20(25)7-8-22-16-3-1-2-4-17(16)27-12-19(22)24/h1-6,9-10,23H,7-8,11-12H2. The fourth-order valence-corrected chi connectivity index (χ4v) is 3.17. The summed E-state index contributed by atoms with van der Waals surface area (Å²) in [5.41, 5.74) is 0.684. The Kier molecular flexibility index (Phi) is 4.90. The van der Waals surface area contributed by atoms with Crippen LogP contribution in [0.4, 0.5) is 5.69 Å². The highest BCUT2D eigenvalue weighted by molar-refractivity contribution is 5.98. The van der Waals surface area contributed by atoms with Gasteiger partial charge in [0.25, 0.3) is 5.91 Å². The van der Waals surface area contributed by atoms with Crippen molar-refractivity contribution in [3.63, 3.8) is 0 Å². The first-order valence-corrected chi connectivity index (χ1v) is 8.95. The maximum absolute atomic E-state index is 12.2. The Morgan fingerprint density at radius 2 is 1.97 bits per heavy atom. The molecule has 4 rings (SSSR count). The summed E-state index contributed by atoms with van der Waals surface area (Å²) in [5.74, 6) is -0.193. The van der Waals surface area contributed by atoms with Crippen molar-refractivity contribution >= 4 is 28.5 Å². The van der Waals surface area contributed by atoms with Crippen LogP contribution in [0.2, 0.25) is 0 Å². The second kappa shape index (κ2) is 7.67. The minimum absolute atomic E-state index is 0.0137. The predicted molar refractivity (Wildman–Crippen MR) is 103 cm³/mol. The largest absolute Gasteiger partial charge is 0.508 e. The molecule has 0 saturated heterocycles. The van der Waals surface area contributed by atoms with Crippen molar-refractivity contribution in [3.8, 4) is 11.5 Å². The second-order valence-corrected chi connectivity index (χ2v) is 6.48. The van der Waals surface area contributed by atoms with Crippen LogP contribution in [0.5, 0.6) is 11.5 Å². The summed E-state index contributed by atoms with van der Waals surface area (Å²) in [5, 5.41) is 10.1. The molecule has 0 atom stereocenters. The first-order chi connectivity index (χ1) is 14.0. The van der Waals surface area contributed by atoms with Gasteiger partial charge in [-0.2, -0.15) is 0 Å². The van der Waals surface area contributed by atoms with Gasteiger partial charge in [-0.3, -0.25) is 9.59 Å². The number of hydrogen-bond acceptors (Lipinski definition) is 7. The van der Waals surface area contributed by atoms with Crippen molar-refractivity contribution in [3.05, 3.63) is 64.5 Å². The van der Waals surface area contributed by atoms with Gasteiger partial charge in [0.05, 0.1) is 12.1 Å². The van der Waals surface area contributed by atoms with E-state index >= 15 is 0 Å². The number of amides is 1. The van der Waals surface area contributed by atoms with Crippen LogP contribution in [0.1, 0.15) is 12.0 Å². The highest BCUT2D eigenvalue weighted by Gasteiger charge is 2.25. The van der Waals surface area contributed by atoms with E-state index in [2.05, 4.69) is 0 Å². The molecule has 1 aliphatic rings. The molecule has 0 fully saturated rings. The molecule has 2 heterocycles. The minimum atomic E-state index is -0.607. The Labute approximate surface area is 164 Å². The van der Waals surface area contributed by atoms with Gasteiger partial charge in [-0.1, -0.05) is 12.1 Å². The number of fused-ring (bicyclic) bond motifs is 2. The van der Waals surface area contributed by atoms with Crippen molar-refractivity contribution in [1.29, 1.82) is 0 Å². The molecule has 0 aliphatic carbocycles. The third-order valence-corrected chi connectivity index (χ3v) is 4.55. The third-order valence-electron chi connectivity index (χ3n) is 4.55. The summed E-state index contributed by atoms with van der Waals surface area (Å²) < 4.78 is 15.7. The molecule has 0 bridgehead atoms. The number of para-hydroxylation sites is 2. The highest BCUT2D eigenvalue weighted by Crippen LogP contribution is 2.31. The van der Waals surface area contributed by atoms with E-state index in [1.165, 1.54) is 23.1 Å². The average molecular weight is 395 g/mol. The molecule has 1 amide bonds. The van der Waals surface area contributed by atoms with Crippen LogP contribution in [0.3, 0.4) is 0 Å². The van der Waals surface area contributed by atoms with E-state index in [1.54, 1.807) is 24.3 Å². The number of carbonyl (C=O) groups excluding carboxylic acids is 2. The first-order valence-electron chi connectivity index (χ1n) is 8.95. The number of benzene rings is 2. The molecule has 0 radical (unpaired) electrons. The second-order valence-electron chi connectivity index (χ2n) is 6.48. The quantitative estimate of drug-likeness (QED) is 0.522. The molecule has 8 nitrogen and oxygen atoms in total. The molecule has 1 aromatic heterocycles. The van der Waals surface area contributed by atoms with E-state index in [4.69, 9.17) is 13.9 Å². The number of nitrogens with zero attached hydrogens (tertiary/aromatic N) is 1. The SMILES string of the molecule is O=C(CCN1C(=O)COc2ccccc21)OCc1cc(=O)oc2cc(O)ccc12. The van der Waals surface area contributed by atoms with Gasteiger partial charge >= 0.3 is 11.6 Å². The van der Waals surface area contributed by atoms with Crippen LogP contribution in [0, 0.1) is 0 Å². The van der Waals surface area contributed by atoms with E-state index in [-0.39, 0.29) is 43.4 Å². The zero-order valence-corrected chi connectivity index (χ0v) is 15.3. The summed E-state index contributed by atoms with van der Waals surface area (Å²) in [7, 11) is 0. The molecular weight excluding hydrogens is 378 g/mol. The van der Waals surface area contributed by atoms with E-state index in [0.717, 1.165) is 0 Å². The molecular formula is C21H17NO7. The molecule has 0 spiro atoms. The molecule has 1 N–H and O–H groups in total. The Balaban J connectivity index is 1.42. The summed E-state index contributed by atoms with van der Waals surface area (Å²) in [6.45, 7) is -0.0480. The maximum atomic E-state index is 12.2. The fraction of sp³-hybridized carbons (Fsp3) is 0.190. The van der Waals surface area contributed by atoms with Gasteiger partial charge in [0.1, 0.15) is 23.7 Å². The molecule has 1 aliphatic heterocycles. The Hall–Kier alpha value is -3.81. The lowest BCUT2D eigenvalue weighted by Crippen LogP contribution is -2.40. The lowest BCUT2D eigenvalue weighted by molar-refractivity contribution is -0.144. The number of rotatable bonds is 5. The third kappa shape index (κ3) is 3.91. The summed E-state index contributed by atoms with van der Waals surface area (Å²) in [4.78, 5) is 37.6. The van der Waals surface area contributed by atoms with Gasteiger partial charge < -0.3 is 23.9 Å². The Bertz CT molecular complexity index is 1150. The van der Waals surface area contributed by atoms with E-state index in [0.29, 0.717) is 22.4 Å². The van der Waals surface area contributed by atoms with Crippen molar-refractivity contribution < 1.29 is 28.6 Å². The number of ether oxygens (including phenoxy) is 2. The summed E-state index contributed by atoms with van der Waals surface area (Å²) >= 11 is 0. The number of phenolic OH excluding ortho intramolecular Hbond substituents is 1. The number of anilines is 1. The molecule has 29 heavy (non-hydrogen) atoms. The highest BCUT2D eigenvalue weighted by atomic mass is 16.5. The normalized spacial score (nSPS) is 13.1. The smallest absolute Gasteiger partial charge is 0.336 e. The zero-order valence-electron chi connectivity index (χ0n) is 15.3. The summed E-state index contributed by atoms with van der Waals surface area (Å²) in [6, 6.07) is 12.7. The van der Waals surface area contributed by atoms with Crippen LogP contribution >= 0.6 is 0 Å². The van der Waals surface area contributed by atoms with Gasteiger partial charge in [0.15, 0.2) is 6.61 Å². The van der Waals surface area contributed by atoms with E-state index in [9.17, 15) is 19.5 Å². The van der Waals surface area contributed by atoms with Crippen LogP contribution in [0.15, 0.2) is 57.7 Å². The van der Waals surface area contributed by atoms with Gasteiger partial charge in [-0.05, 0) is 24.3 Å². The zero-order chi connectivity index (χ0) is 20.4. The number of phenols is 1. The number of esters is 1. The van der Waals surface area contributed by atoms with Gasteiger partial charge in [0.2, 0.25) is 0 Å². The minimum Gasteiger partial charge on any atom is -0.508 e. The lowest BCUT2D eigenvalue weighted by atomic mass is 10.1. The number of carbonyl (C=O) groups is 2. The topological polar surface area (TPSA) is 106 Å². The van der Waals surface area contributed by atoms with Crippen LogP contribution in [0.25, 0.3) is 11.0 Å². The van der Waals surface area contributed by atoms with Crippen LogP contribution < -0.4 is 15.3 Å². The average Bonchev–Trinajstić information content (AvgIpc) is 2.70. The molecule has 148 valence electrons. The van der Waals surface area contributed by atoms with Crippen molar-refractivity contribution in [2.24, 2.45) is 0 Å². The van der Waals surface area contributed by atoms with Crippen molar-refractivity contribution in [1.82, 2.24) is 0 Å². The first kappa shape index (κ1) is 18.5. The van der Waals surface area contributed by atoms with Crippen molar-refractivity contribution in [2.45, 2.75) is 13.0 Å². The number of aromatic hydroxyl groups is 1. The molecule has 8 heteroatoms. The Morgan fingerprint density at radius 1 is 1.14 bits per heavy atom. The predicted octanol–water partition coefficient (Wildman–Crippen LogP) is 2.36. The molecule has 2 aromatic carbocycles. The fourth-order valence-electron chi connectivity index (χ4n) is 3.17. The Morgan fingerprint density at radius 3 is 2.83 bits per heavy atom. The summed E-state index contributed by atoms with van der Waals surface area (Å²) in [6.07, 6.45) is -0.0137. The van der Waals surface area contributed by atoms with Crippen LogP contribution in [-0.4, -0.2) is 30.1 Å². The van der Waals surface area contributed by atoms with Crippen LogP contribution in [-0.2, 0) is 20.9 Å². The van der Waals surface area contributed by atoms with E-state index < -0.39 is 11.6 Å². The van der Waals surface area contributed by atoms with Gasteiger partial charge in [-0.15, -0.1) is 0 Å². The van der Waals surface area contributed by atoms with Gasteiger partial charge in [-0.25, -0.2) is 4.79 Å². The molecule has 0 unspecified atom stereocenters. The lowest BCUT2D eigenvalue weighted by Gasteiger charge is -2.28. The van der Waals surface area contributed by atoms with Gasteiger partial charge in [0, 0.05) is 29.6 Å². The van der Waals surface area contributed by atoms with Crippen molar-refractivity contribution in [2.75, 3.05) is 18.1 Å².